The number of ether oxygens (including phenoxy) is 1. The Bertz CT molecular complexity index is 863. The number of nitrogens with zero attached hydrogens (tertiary/aromatic N) is 2. The van der Waals surface area contributed by atoms with Gasteiger partial charge in [0.1, 0.15) is 11.3 Å². The van der Waals surface area contributed by atoms with E-state index in [0.29, 0.717) is 30.4 Å². The number of fused-ring (bicyclic) bond motifs is 1. The molecule has 1 aromatic heterocycles. The smallest absolute Gasteiger partial charge is 0.410 e. The van der Waals surface area contributed by atoms with E-state index in [1.54, 1.807) is 23.1 Å². The minimum atomic E-state index is -0.505. The van der Waals surface area contributed by atoms with Gasteiger partial charge in [-0.1, -0.05) is 17.7 Å². The maximum absolute atomic E-state index is 12.4. The van der Waals surface area contributed by atoms with Crippen molar-refractivity contribution < 1.29 is 14.3 Å². The number of halogens is 1. The van der Waals surface area contributed by atoms with Crippen molar-refractivity contribution in [2.75, 3.05) is 19.6 Å². The van der Waals surface area contributed by atoms with Crippen molar-refractivity contribution in [3.05, 3.63) is 41.0 Å². The Morgan fingerprint density at radius 2 is 2.07 bits per heavy atom. The molecule has 0 radical (unpaired) electrons. The highest BCUT2D eigenvalue weighted by Crippen LogP contribution is 2.20. The lowest BCUT2D eigenvalue weighted by atomic mass is 10.1. The van der Waals surface area contributed by atoms with Gasteiger partial charge in [-0.2, -0.15) is 0 Å². The Hall–Kier alpha value is -2.34. The van der Waals surface area contributed by atoms with Crippen LogP contribution in [0.25, 0.3) is 10.9 Å². The van der Waals surface area contributed by atoms with Gasteiger partial charge < -0.3 is 15.0 Å². The number of nitrogens with one attached hydrogen (secondary N) is 1. The average molecular weight is 390 g/mol. The number of carbonyl (C=O) groups excluding carboxylic acids is 2. The zero-order chi connectivity index (χ0) is 19.6. The first-order valence-corrected chi connectivity index (χ1v) is 9.41. The molecule has 6 nitrogen and oxygen atoms in total. The van der Waals surface area contributed by atoms with Crippen molar-refractivity contribution in [2.24, 2.45) is 5.92 Å². The van der Waals surface area contributed by atoms with Gasteiger partial charge in [0, 0.05) is 30.0 Å². The van der Waals surface area contributed by atoms with E-state index in [0.717, 1.165) is 17.3 Å². The fraction of sp³-hybridized carbons (Fsp3) is 0.450. The van der Waals surface area contributed by atoms with Crippen LogP contribution in [-0.2, 0) is 4.74 Å². The van der Waals surface area contributed by atoms with E-state index >= 15 is 0 Å². The molecule has 1 atom stereocenters. The third-order valence-corrected chi connectivity index (χ3v) is 4.61. The molecule has 1 saturated heterocycles. The number of likely N-dealkylation sites (tertiary alicyclic amines) is 1. The highest BCUT2D eigenvalue weighted by Gasteiger charge is 2.29. The van der Waals surface area contributed by atoms with Crippen LogP contribution in [0.15, 0.2) is 30.3 Å². The zero-order valence-electron chi connectivity index (χ0n) is 15.8. The SMILES string of the molecule is CC(C)(C)OC(=O)N1CCC(CNC(=O)c2ccc3cc(Cl)ccc3n2)C1. The van der Waals surface area contributed by atoms with Gasteiger partial charge in [0.25, 0.3) is 5.91 Å². The number of hydrogen-bond acceptors (Lipinski definition) is 4. The minimum absolute atomic E-state index is 0.209. The maximum Gasteiger partial charge on any atom is 0.410 e. The van der Waals surface area contributed by atoms with Gasteiger partial charge in [0.2, 0.25) is 0 Å². The quantitative estimate of drug-likeness (QED) is 0.864. The number of hydrogen-bond donors (Lipinski definition) is 1. The molecule has 1 fully saturated rings. The summed E-state index contributed by atoms with van der Waals surface area (Å²) in [7, 11) is 0. The molecule has 1 unspecified atom stereocenters. The van der Waals surface area contributed by atoms with Crippen molar-refractivity contribution in [1.29, 1.82) is 0 Å². The largest absolute Gasteiger partial charge is 0.444 e. The van der Waals surface area contributed by atoms with Crippen LogP contribution in [-0.4, -0.2) is 47.1 Å². The molecule has 144 valence electrons. The standard InChI is InChI=1S/C20H24ClN3O3/c1-20(2,3)27-19(26)24-9-8-13(12-24)11-22-18(25)17-6-4-14-10-15(21)5-7-16(14)23-17/h4-7,10,13H,8-9,11-12H2,1-3H3,(H,22,25). The summed E-state index contributed by atoms with van der Waals surface area (Å²) in [5, 5.41) is 4.45. The normalized spacial score (nSPS) is 17.2. The Morgan fingerprint density at radius 3 is 2.81 bits per heavy atom. The van der Waals surface area contributed by atoms with Gasteiger partial charge >= 0.3 is 6.09 Å². The molecule has 2 aromatic rings. The van der Waals surface area contributed by atoms with Crippen LogP contribution in [0, 0.1) is 5.92 Å². The van der Waals surface area contributed by atoms with Gasteiger partial charge in [0.05, 0.1) is 5.52 Å². The monoisotopic (exact) mass is 389 g/mol. The van der Waals surface area contributed by atoms with Gasteiger partial charge in [-0.15, -0.1) is 0 Å². The number of benzene rings is 1. The number of amides is 2. The van der Waals surface area contributed by atoms with E-state index in [4.69, 9.17) is 16.3 Å². The van der Waals surface area contributed by atoms with Crippen molar-refractivity contribution >= 4 is 34.5 Å². The van der Waals surface area contributed by atoms with Crippen LogP contribution >= 0.6 is 11.6 Å². The molecule has 0 bridgehead atoms. The summed E-state index contributed by atoms with van der Waals surface area (Å²) >= 11 is 5.97. The average Bonchev–Trinajstić information content (AvgIpc) is 3.07. The van der Waals surface area contributed by atoms with Crippen LogP contribution < -0.4 is 5.32 Å². The van der Waals surface area contributed by atoms with E-state index in [1.807, 2.05) is 32.9 Å². The molecule has 2 amide bonds. The summed E-state index contributed by atoms with van der Waals surface area (Å²) in [5.41, 5.74) is 0.589. The van der Waals surface area contributed by atoms with Gasteiger partial charge in [0.15, 0.2) is 0 Å². The van der Waals surface area contributed by atoms with Gasteiger partial charge in [-0.05, 0) is 57.4 Å². The fourth-order valence-corrected chi connectivity index (χ4v) is 3.22. The Morgan fingerprint density at radius 1 is 1.30 bits per heavy atom. The lowest BCUT2D eigenvalue weighted by Gasteiger charge is -2.24. The molecule has 0 spiro atoms. The van der Waals surface area contributed by atoms with Crippen molar-refractivity contribution in [3.8, 4) is 0 Å². The maximum atomic E-state index is 12.4. The number of pyridine rings is 1. The second kappa shape index (κ2) is 7.72. The second-order valence-electron chi connectivity index (χ2n) is 7.82. The summed E-state index contributed by atoms with van der Waals surface area (Å²) < 4.78 is 5.39. The number of aromatic nitrogens is 1. The predicted molar refractivity (Wildman–Crippen MR) is 105 cm³/mol. The first kappa shape index (κ1) is 19.4. The van der Waals surface area contributed by atoms with E-state index < -0.39 is 5.60 Å². The van der Waals surface area contributed by atoms with Crippen LogP contribution in [0.1, 0.15) is 37.7 Å². The van der Waals surface area contributed by atoms with Crippen LogP contribution in [0.4, 0.5) is 4.79 Å². The van der Waals surface area contributed by atoms with Crippen LogP contribution in [0.3, 0.4) is 0 Å². The second-order valence-corrected chi connectivity index (χ2v) is 8.26. The summed E-state index contributed by atoms with van der Waals surface area (Å²) in [4.78, 5) is 30.6. The number of carbonyl (C=O) groups is 2. The van der Waals surface area contributed by atoms with Gasteiger partial charge in [-0.25, -0.2) is 9.78 Å². The molecule has 1 aliphatic rings. The van der Waals surface area contributed by atoms with Crippen molar-refractivity contribution in [1.82, 2.24) is 15.2 Å². The van der Waals surface area contributed by atoms with Gasteiger partial charge in [-0.3, -0.25) is 4.79 Å². The Labute approximate surface area is 163 Å². The van der Waals surface area contributed by atoms with E-state index in [-0.39, 0.29) is 17.9 Å². The lowest BCUT2D eigenvalue weighted by molar-refractivity contribution is 0.0288. The minimum Gasteiger partial charge on any atom is -0.444 e. The number of rotatable bonds is 3. The first-order valence-electron chi connectivity index (χ1n) is 9.04. The molecule has 3 rings (SSSR count). The molecule has 7 heteroatoms. The molecule has 0 aliphatic carbocycles. The van der Waals surface area contributed by atoms with Crippen LogP contribution in [0.5, 0.6) is 0 Å². The Balaban J connectivity index is 1.54. The first-order chi connectivity index (χ1) is 12.7. The van der Waals surface area contributed by atoms with Crippen LogP contribution in [0.2, 0.25) is 5.02 Å². The molecule has 27 heavy (non-hydrogen) atoms. The Kier molecular flexibility index (Phi) is 5.56. The highest BCUT2D eigenvalue weighted by atomic mass is 35.5. The van der Waals surface area contributed by atoms with E-state index in [2.05, 4.69) is 10.3 Å². The zero-order valence-corrected chi connectivity index (χ0v) is 16.5. The fourth-order valence-electron chi connectivity index (χ4n) is 3.04. The lowest BCUT2D eigenvalue weighted by Crippen LogP contribution is -2.36. The predicted octanol–water partition coefficient (Wildman–Crippen LogP) is 3.88. The van der Waals surface area contributed by atoms with E-state index in [1.165, 1.54) is 0 Å². The molecule has 2 heterocycles. The molecule has 0 saturated carbocycles. The molecule has 1 aliphatic heterocycles. The molecule has 1 N–H and O–H groups in total. The summed E-state index contributed by atoms with van der Waals surface area (Å²) in [6.07, 6.45) is 0.537. The highest BCUT2D eigenvalue weighted by molar-refractivity contribution is 6.31. The van der Waals surface area contributed by atoms with E-state index in [9.17, 15) is 9.59 Å². The van der Waals surface area contributed by atoms with Crippen molar-refractivity contribution in [3.63, 3.8) is 0 Å². The molecule has 1 aromatic carbocycles. The molecular weight excluding hydrogens is 366 g/mol. The topological polar surface area (TPSA) is 71.5 Å². The molecular formula is C20H24ClN3O3. The summed E-state index contributed by atoms with van der Waals surface area (Å²) in [5.74, 6) is -0.0108. The third kappa shape index (κ3) is 5.10. The third-order valence-electron chi connectivity index (χ3n) is 4.37. The summed E-state index contributed by atoms with van der Waals surface area (Å²) in [6.45, 7) is 7.28. The van der Waals surface area contributed by atoms with Crippen molar-refractivity contribution in [2.45, 2.75) is 32.8 Å². The summed E-state index contributed by atoms with van der Waals surface area (Å²) in [6, 6.07) is 8.89.